The van der Waals surface area contributed by atoms with Crippen LogP contribution in [0.5, 0.6) is 5.88 Å². The van der Waals surface area contributed by atoms with E-state index in [0.717, 1.165) is 17.8 Å². The highest BCUT2D eigenvalue weighted by atomic mass is 32.2. The Morgan fingerprint density at radius 3 is 2.84 bits per heavy atom. The van der Waals surface area contributed by atoms with Gasteiger partial charge in [-0.2, -0.15) is 0 Å². The Morgan fingerprint density at radius 2 is 2.16 bits per heavy atom. The van der Waals surface area contributed by atoms with Crippen LogP contribution in [0.2, 0.25) is 0 Å². The molecule has 0 bridgehead atoms. The molecule has 0 fully saturated rings. The summed E-state index contributed by atoms with van der Waals surface area (Å²) in [6.07, 6.45) is 0. The summed E-state index contributed by atoms with van der Waals surface area (Å²) in [6.45, 7) is 0. The largest absolute Gasteiger partial charge is 0.481 e. The van der Waals surface area contributed by atoms with Crippen LogP contribution >= 0.6 is 11.8 Å². The number of rotatable bonds is 4. The molecule has 0 atom stereocenters. The molecule has 0 unspecified atom stereocenters. The summed E-state index contributed by atoms with van der Waals surface area (Å²) in [5, 5.41) is 9.41. The smallest absolute Gasteiger partial charge is 0.335 e. The maximum atomic E-state index is 13.6. The van der Waals surface area contributed by atoms with Gasteiger partial charge >= 0.3 is 5.97 Å². The zero-order valence-electron chi connectivity index (χ0n) is 9.96. The molecule has 1 heterocycles. The second-order valence-corrected chi connectivity index (χ2v) is 4.63. The number of carbonyl (C=O) groups is 1. The Kier molecular flexibility index (Phi) is 4.01. The van der Waals surface area contributed by atoms with Crippen LogP contribution in [0.15, 0.2) is 46.3 Å². The van der Waals surface area contributed by atoms with E-state index in [1.54, 1.807) is 18.2 Å². The fraction of sp³-hybridized carbons (Fsp3) is 0.0769. The number of halogens is 1. The highest BCUT2D eigenvalue weighted by molar-refractivity contribution is 7.99. The normalized spacial score (nSPS) is 10.2. The zero-order chi connectivity index (χ0) is 13.8. The molecule has 19 heavy (non-hydrogen) atoms. The molecule has 1 aromatic carbocycles. The molecular weight excluding hydrogens is 269 g/mol. The van der Waals surface area contributed by atoms with Crippen molar-refractivity contribution in [3.05, 3.63) is 47.8 Å². The van der Waals surface area contributed by atoms with Crippen molar-refractivity contribution in [3.8, 4) is 5.88 Å². The maximum absolute atomic E-state index is 13.6. The average molecular weight is 279 g/mol. The van der Waals surface area contributed by atoms with E-state index in [-0.39, 0.29) is 10.5 Å². The van der Waals surface area contributed by atoms with E-state index < -0.39 is 11.8 Å². The van der Waals surface area contributed by atoms with Gasteiger partial charge in [0, 0.05) is 6.07 Å². The summed E-state index contributed by atoms with van der Waals surface area (Å²) in [6, 6.07) is 8.73. The minimum atomic E-state index is -1.10. The van der Waals surface area contributed by atoms with E-state index in [4.69, 9.17) is 9.84 Å². The molecule has 0 radical (unpaired) electrons. The van der Waals surface area contributed by atoms with Crippen molar-refractivity contribution in [2.75, 3.05) is 7.11 Å². The molecule has 0 spiro atoms. The minimum Gasteiger partial charge on any atom is -0.481 e. The van der Waals surface area contributed by atoms with Crippen LogP contribution in [0.4, 0.5) is 4.39 Å². The lowest BCUT2D eigenvalue weighted by molar-refractivity contribution is 0.0696. The third kappa shape index (κ3) is 3.23. The lowest BCUT2D eigenvalue weighted by Gasteiger charge is -2.05. The van der Waals surface area contributed by atoms with E-state index in [1.807, 2.05) is 0 Å². The molecule has 0 aliphatic carbocycles. The number of carboxylic acids is 1. The van der Waals surface area contributed by atoms with Gasteiger partial charge in [-0.25, -0.2) is 14.2 Å². The summed E-state index contributed by atoms with van der Waals surface area (Å²) in [5.74, 6) is -1.17. The number of hydrogen-bond donors (Lipinski definition) is 1. The molecule has 2 rings (SSSR count). The Bertz CT molecular complexity index is 619. The number of benzene rings is 1. The monoisotopic (exact) mass is 279 g/mol. The molecule has 0 aliphatic heterocycles. The van der Waals surface area contributed by atoms with Crippen LogP contribution < -0.4 is 4.74 Å². The summed E-state index contributed by atoms with van der Waals surface area (Å²) in [7, 11) is 1.49. The van der Waals surface area contributed by atoms with Gasteiger partial charge in [-0.15, -0.1) is 0 Å². The number of nitrogens with zero attached hydrogens (tertiary/aromatic N) is 1. The molecule has 1 N–H and O–H groups in total. The van der Waals surface area contributed by atoms with E-state index in [2.05, 4.69) is 4.98 Å². The molecule has 6 heteroatoms. The first kappa shape index (κ1) is 13.4. The number of carboxylic acid groups (broad SMARTS) is 1. The van der Waals surface area contributed by atoms with Crippen molar-refractivity contribution >= 4 is 17.7 Å². The van der Waals surface area contributed by atoms with Gasteiger partial charge in [0.25, 0.3) is 0 Å². The van der Waals surface area contributed by atoms with Crippen molar-refractivity contribution in [2.24, 2.45) is 0 Å². The molecule has 0 aliphatic rings. The summed E-state index contributed by atoms with van der Waals surface area (Å²) in [4.78, 5) is 15.2. The SMILES string of the molecule is COc1cccc(Sc2cc(C(=O)O)ccc2F)n1. The zero-order valence-corrected chi connectivity index (χ0v) is 10.8. The van der Waals surface area contributed by atoms with Gasteiger partial charge in [-0.05, 0) is 24.3 Å². The highest BCUT2D eigenvalue weighted by Crippen LogP contribution is 2.30. The van der Waals surface area contributed by atoms with Crippen molar-refractivity contribution in [2.45, 2.75) is 9.92 Å². The molecule has 4 nitrogen and oxygen atoms in total. The van der Waals surface area contributed by atoms with Crippen LogP contribution in [0.3, 0.4) is 0 Å². The fourth-order valence-electron chi connectivity index (χ4n) is 1.39. The van der Waals surface area contributed by atoms with Gasteiger partial charge < -0.3 is 9.84 Å². The van der Waals surface area contributed by atoms with Crippen LogP contribution in [0.25, 0.3) is 0 Å². The molecule has 0 amide bonds. The fourth-order valence-corrected chi connectivity index (χ4v) is 2.25. The second-order valence-electron chi connectivity index (χ2n) is 3.57. The summed E-state index contributed by atoms with van der Waals surface area (Å²) >= 11 is 1.05. The molecule has 98 valence electrons. The van der Waals surface area contributed by atoms with Crippen LogP contribution in [-0.2, 0) is 0 Å². The summed E-state index contributed by atoms with van der Waals surface area (Å²) in [5.41, 5.74) is 0.0341. The van der Waals surface area contributed by atoms with Crippen molar-refractivity contribution in [3.63, 3.8) is 0 Å². The molecule has 0 saturated carbocycles. The maximum Gasteiger partial charge on any atom is 0.335 e. The third-order valence-corrected chi connectivity index (χ3v) is 3.27. The van der Waals surface area contributed by atoms with Gasteiger partial charge in [-0.3, -0.25) is 0 Å². The topological polar surface area (TPSA) is 59.4 Å². The van der Waals surface area contributed by atoms with Crippen LogP contribution in [0, 0.1) is 5.82 Å². The Balaban J connectivity index is 2.31. The number of methoxy groups -OCH3 is 1. The predicted molar refractivity (Wildman–Crippen MR) is 68.3 cm³/mol. The lowest BCUT2D eigenvalue weighted by Crippen LogP contribution is -1.97. The van der Waals surface area contributed by atoms with Crippen molar-refractivity contribution in [1.29, 1.82) is 0 Å². The van der Waals surface area contributed by atoms with E-state index in [0.29, 0.717) is 10.9 Å². The Morgan fingerprint density at radius 1 is 1.37 bits per heavy atom. The quantitative estimate of drug-likeness (QED) is 0.932. The standard InChI is InChI=1S/C13H10FNO3S/c1-18-11-3-2-4-12(15-11)19-10-7-8(13(16)17)5-6-9(10)14/h2-7H,1H3,(H,16,17). The number of aromatic carboxylic acids is 1. The Labute approximate surface area is 113 Å². The van der Waals surface area contributed by atoms with E-state index >= 15 is 0 Å². The molecule has 2 aromatic rings. The van der Waals surface area contributed by atoms with Crippen LogP contribution in [-0.4, -0.2) is 23.2 Å². The van der Waals surface area contributed by atoms with Crippen molar-refractivity contribution < 1.29 is 19.0 Å². The average Bonchev–Trinajstić information content (AvgIpc) is 2.41. The van der Waals surface area contributed by atoms with Gasteiger partial charge in [0.15, 0.2) is 0 Å². The first-order chi connectivity index (χ1) is 9.10. The molecule has 0 saturated heterocycles. The van der Waals surface area contributed by atoms with E-state index in [1.165, 1.54) is 19.2 Å². The predicted octanol–water partition coefficient (Wildman–Crippen LogP) is 3.08. The van der Waals surface area contributed by atoms with Gasteiger partial charge in [-0.1, -0.05) is 17.8 Å². The first-order valence-corrected chi connectivity index (χ1v) is 6.13. The minimum absolute atomic E-state index is 0.0341. The lowest BCUT2D eigenvalue weighted by atomic mass is 10.2. The first-order valence-electron chi connectivity index (χ1n) is 5.32. The van der Waals surface area contributed by atoms with Gasteiger partial charge in [0.1, 0.15) is 10.8 Å². The number of pyridine rings is 1. The number of ether oxygens (including phenoxy) is 1. The van der Waals surface area contributed by atoms with Crippen molar-refractivity contribution in [1.82, 2.24) is 4.98 Å². The number of aromatic nitrogens is 1. The molecule has 1 aromatic heterocycles. The summed E-state index contributed by atoms with van der Waals surface area (Å²) < 4.78 is 18.6. The highest BCUT2D eigenvalue weighted by Gasteiger charge is 2.10. The van der Waals surface area contributed by atoms with Crippen LogP contribution in [0.1, 0.15) is 10.4 Å². The second kappa shape index (κ2) is 5.71. The number of hydrogen-bond acceptors (Lipinski definition) is 4. The van der Waals surface area contributed by atoms with E-state index in [9.17, 15) is 9.18 Å². The molecular formula is C13H10FNO3S. The van der Waals surface area contributed by atoms with Gasteiger partial charge in [0.2, 0.25) is 5.88 Å². The third-order valence-electron chi connectivity index (χ3n) is 2.30. The van der Waals surface area contributed by atoms with Gasteiger partial charge in [0.05, 0.1) is 17.6 Å². The Hall–Kier alpha value is -2.08.